The highest BCUT2D eigenvalue weighted by Gasteiger charge is 1.81. The molecule has 1 N–H and O–H groups in total. The molecule has 0 aliphatic heterocycles. The second kappa shape index (κ2) is 5.55. The minimum absolute atomic E-state index is 1.03. The monoisotopic (exact) mass is 224 g/mol. The molecule has 0 saturated heterocycles. The van der Waals surface area contributed by atoms with E-state index in [2.05, 4.69) is 26.2 Å². The van der Waals surface area contributed by atoms with Gasteiger partial charge in [0.05, 0.1) is 0 Å². The van der Waals surface area contributed by atoms with Crippen LogP contribution in [-0.4, -0.2) is 4.98 Å². The molecule has 0 radical (unpaired) electrons. The van der Waals surface area contributed by atoms with Crippen LogP contribution in [0.25, 0.3) is 0 Å². The molecule has 0 amide bonds. The lowest BCUT2D eigenvalue weighted by Gasteiger charge is -1.96. The first-order valence-corrected chi connectivity index (χ1v) is 4.43. The second-order valence-electron chi connectivity index (χ2n) is 2.06. The van der Waals surface area contributed by atoms with Crippen LogP contribution in [0, 0.1) is 0 Å². The number of nitrogens with one attached hydrogen (secondary N) is 1. The van der Waals surface area contributed by atoms with Crippen molar-refractivity contribution in [3.05, 3.63) is 47.9 Å². The first-order chi connectivity index (χ1) is 5.93. The number of pyridine rings is 1. The van der Waals surface area contributed by atoms with E-state index < -0.39 is 0 Å². The van der Waals surface area contributed by atoms with E-state index in [0.717, 1.165) is 5.69 Å². The molecule has 0 atom stereocenters. The molecule has 0 saturated carbocycles. The van der Waals surface area contributed by atoms with Crippen molar-refractivity contribution in [3.63, 3.8) is 0 Å². The zero-order valence-electron chi connectivity index (χ0n) is 6.44. The first kappa shape index (κ1) is 9.00. The van der Waals surface area contributed by atoms with Gasteiger partial charge in [-0.15, -0.1) is 0 Å². The summed E-state index contributed by atoms with van der Waals surface area (Å²) in [5.41, 5.74) is 1.03. The van der Waals surface area contributed by atoms with Gasteiger partial charge in [0.25, 0.3) is 0 Å². The quantitative estimate of drug-likeness (QED) is 0.800. The van der Waals surface area contributed by atoms with Gasteiger partial charge >= 0.3 is 0 Å². The van der Waals surface area contributed by atoms with Gasteiger partial charge in [0.15, 0.2) is 0 Å². The van der Waals surface area contributed by atoms with Crippen LogP contribution < -0.4 is 5.32 Å². The van der Waals surface area contributed by atoms with E-state index in [1.54, 1.807) is 17.4 Å². The highest BCUT2D eigenvalue weighted by Crippen LogP contribution is 2.02. The Morgan fingerprint density at radius 1 is 1.25 bits per heavy atom. The smallest absolute Gasteiger partial charge is 0.0410 e. The molecular formula is C9H9BrN2. The Morgan fingerprint density at radius 3 is 2.67 bits per heavy atom. The van der Waals surface area contributed by atoms with Crippen LogP contribution >= 0.6 is 15.9 Å². The van der Waals surface area contributed by atoms with Gasteiger partial charge in [-0.3, -0.25) is 4.98 Å². The minimum Gasteiger partial charge on any atom is -0.362 e. The number of rotatable bonds is 3. The van der Waals surface area contributed by atoms with E-state index in [9.17, 15) is 0 Å². The van der Waals surface area contributed by atoms with Crippen molar-refractivity contribution in [2.75, 3.05) is 5.32 Å². The third-order valence-electron chi connectivity index (χ3n) is 1.21. The molecule has 1 rings (SSSR count). The highest BCUT2D eigenvalue weighted by atomic mass is 79.9. The van der Waals surface area contributed by atoms with Crippen LogP contribution in [0.1, 0.15) is 0 Å². The highest BCUT2D eigenvalue weighted by molar-refractivity contribution is 9.11. The maximum atomic E-state index is 3.90. The summed E-state index contributed by atoms with van der Waals surface area (Å²) in [4.78, 5) is 5.69. The third kappa shape index (κ3) is 3.34. The third-order valence-corrected chi connectivity index (χ3v) is 1.52. The van der Waals surface area contributed by atoms with Gasteiger partial charge in [-0.2, -0.15) is 0 Å². The Morgan fingerprint density at radius 2 is 2.00 bits per heavy atom. The van der Waals surface area contributed by atoms with Gasteiger partial charge in [0, 0.05) is 24.3 Å². The molecule has 62 valence electrons. The van der Waals surface area contributed by atoms with Crippen molar-refractivity contribution < 1.29 is 0 Å². The average molecular weight is 225 g/mol. The molecule has 0 bridgehead atoms. The molecule has 1 heterocycles. The normalized spacial score (nSPS) is 11.1. The Bertz CT molecular complexity index is 267. The van der Waals surface area contributed by atoms with Crippen molar-refractivity contribution in [2.45, 2.75) is 0 Å². The SMILES string of the molecule is Br/C=C\C=C/Nc1ccncc1. The predicted octanol–water partition coefficient (Wildman–Crippen LogP) is 2.92. The summed E-state index contributed by atoms with van der Waals surface area (Å²) < 4.78 is 0. The molecule has 3 heteroatoms. The number of aromatic nitrogens is 1. The average Bonchev–Trinajstić information content (AvgIpc) is 2.14. The summed E-state index contributed by atoms with van der Waals surface area (Å²) in [5, 5.41) is 3.09. The number of halogens is 1. The number of nitrogens with zero attached hydrogens (tertiary/aromatic N) is 1. The van der Waals surface area contributed by atoms with Gasteiger partial charge in [-0.1, -0.05) is 22.0 Å². The van der Waals surface area contributed by atoms with Crippen molar-refractivity contribution in [2.24, 2.45) is 0 Å². The fraction of sp³-hybridized carbons (Fsp3) is 0. The van der Waals surface area contributed by atoms with Gasteiger partial charge in [0.1, 0.15) is 0 Å². The lowest BCUT2D eigenvalue weighted by Crippen LogP contribution is -1.85. The van der Waals surface area contributed by atoms with Crippen LogP contribution in [0.15, 0.2) is 47.9 Å². The molecule has 0 fully saturated rings. The van der Waals surface area contributed by atoms with Gasteiger partial charge in [-0.25, -0.2) is 0 Å². The van der Waals surface area contributed by atoms with Crippen molar-refractivity contribution in [3.8, 4) is 0 Å². The van der Waals surface area contributed by atoms with Crippen molar-refractivity contribution in [1.29, 1.82) is 0 Å². The largest absolute Gasteiger partial charge is 0.362 e. The lowest BCUT2D eigenvalue weighted by atomic mass is 10.4. The molecule has 1 aromatic heterocycles. The van der Waals surface area contributed by atoms with Crippen LogP contribution in [0.3, 0.4) is 0 Å². The fourth-order valence-corrected chi connectivity index (χ4v) is 0.866. The molecule has 12 heavy (non-hydrogen) atoms. The molecular weight excluding hydrogens is 216 g/mol. The van der Waals surface area contributed by atoms with Crippen molar-refractivity contribution >= 4 is 21.6 Å². The standard InChI is InChI=1S/C9H9BrN2/c10-5-1-2-6-12-9-3-7-11-8-4-9/h1-8H,(H,11,12)/b5-1-,6-2-. The fourth-order valence-electron chi connectivity index (χ4n) is 0.690. The molecule has 0 unspecified atom stereocenters. The van der Waals surface area contributed by atoms with Crippen LogP contribution in [0.4, 0.5) is 5.69 Å². The summed E-state index contributed by atoms with van der Waals surface area (Å²) in [6.45, 7) is 0. The zero-order valence-corrected chi connectivity index (χ0v) is 8.03. The zero-order chi connectivity index (χ0) is 8.65. The summed E-state index contributed by atoms with van der Waals surface area (Å²) in [6, 6.07) is 3.81. The van der Waals surface area contributed by atoms with E-state index in [1.807, 2.05) is 30.5 Å². The Kier molecular flexibility index (Phi) is 4.16. The predicted molar refractivity (Wildman–Crippen MR) is 55.1 cm³/mol. The molecule has 0 aliphatic rings. The summed E-state index contributed by atoms with van der Waals surface area (Å²) in [5.74, 6) is 0. The molecule has 2 nitrogen and oxygen atoms in total. The number of allylic oxidation sites excluding steroid dienone is 2. The van der Waals surface area contributed by atoms with Gasteiger partial charge in [-0.05, 0) is 23.2 Å². The lowest BCUT2D eigenvalue weighted by molar-refractivity contribution is 1.32. The van der Waals surface area contributed by atoms with Gasteiger partial charge < -0.3 is 5.32 Å². The summed E-state index contributed by atoms with van der Waals surface area (Å²) in [6.07, 6.45) is 9.13. The minimum atomic E-state index is 1.03. The number of anilines is 1. The second-order valence-corrected chi connectivity index (χ2v) is 2.59. The van der Waals surface area contributed by atoms with Crippen LogP contribution in [0.5, 0.6) is 0 Å². The van der Waals surface area contributed by atoms with E-state index in [-0.39, 0.29) is 0 Å². The number of hydrogen-bond donors (Lipinski definition) is 1. The van der Waals surface area contributed by atoms with E-state index >= 15 is 0 Å². The van der Waals surface area contributed by atoms with Crippen LogP contribution in [0.2, 0.25) is 0 Å². The van der Waals surface area contributed by atoms with Crippen LogP contribution in [-0.2, 0) is 0 Å². The Labute approximate surface area is 80.1 Å². The molecule has 0 aliphatic carbocycles. The van der Waals surface area contributed by atoms with Gasteiger partial charge in [0.2, 0.25) is 0 Å². The first-order valence-electron chi connectivity index (χ1n) is 3.52. The number of hydrogen-bond acceptors (Lipinski definition) is 2. The maximum absolute atomic E-state index is 3.90. The molecule has 0 aromatic carbocycles. The Hall–Kier alpha value is -1.09. The Balaban J connectivity index is 2.43. The molecule has 0 spiro atoms. The van der Waals surface area contributed by atoms with E-state index in [4.69, 9.17) is 0 Å². The topological polar surface area (TPSA) is 24.9 Å². The molecule has 1 aromatic rings. The van der Waals surface area contributed by atoms with E-state index in [1.165, 1.54) is 0 Å². The summed E-state index contributed by atoms with van der Waals surface area (Å²) >= 11 is 3.17. The summed E-state index contributed by atoms with van der Waals surface area (Å²) in [7, 11) is 0. The van der Waals surface area contributed by atoms with E-state index in [0.29, 0.717) is 0 Å². The maximum Gasteiger partial charge on any atom is 0.0410 e. The van der Waals surface area contributed by atoms with Crippen molar-refractivity contribution in [1.82, 2.24) is 4.98 Å².